The van der Waals surface area contributed by atoms with Crippen LogP contribution < -0.4 is 16.0 Å². The van der Waals surface area contributed by atoms with Crippen molar-refractivity contribution in [2.75, 3.05) is 30.9 Å². The molecule has 0 saturated heterocycles. The van der Waals surface area contributed by atoms with Gasteiger partial charge in [0.25, 0.3) is 5.91 Å². The van der Waals surface area contributed by atoms with Gasteiger partial charge in [0.15, 0.2) is 0 Å². The van der Waals surface area contributed by atoms with Gasteiger partial charge in [-0.1, -0.05) is 0 Å². The first-order valence-electron chi connectivity index (χ1n) is 7.46. The number of hydrogen-bond donors (Lipinski definition) is 3. The van der Waals surface area contributed by atoms with Gasteiger partial charge in [-0.25, -0.2) is 4.98 Å². The van der Waals surface area contributed by atoms with Crippen molar-refractivity contribution in [2.24, 2.45) is 0 Å². The topological polar surface area (TPSA) is 92.3 Å². The van der Waals surface area contributed by atoms with Crippen LogP contribution in [0.1, 0.15) is 17.3 Å². The van der Waals surface area contributed by atoms with Gasteiger partial charge in [0.1, 0.15) is 5.82 Å². The van der Waals surface area contributed by atoms with Crippen LogP contribution in [0, 0.1) is 0 Å². The molecule has 0 aliphatic rings. The van der Waals surface area contributed by atoms with Crippen LogP contribution in [-0.4, -0.2) is 37.1 Å². The highest BCUT2D eigenvalue weighted by atomic mass is 16.5. The average Bonchev–Trinajstić information content (AvgIpc) is 2.56. The van der Waals surface area contributed by atoms with E-state index in [1.165, 1.54) is 6.92 Å². The van der Waals surface area contributed by atoms with Gasteiger partial charge in [-0.3, -0.25) is 9.59 Å². The van der Waals surface area contributed by atoms with Crippen LogP contribution >= 0.6 is 0 Å². The Bertz CT molecular complexity index is 701. The summed E-state index contributed by atoms with van der Waals surface area (Å²) in [6, 6.07) is 10.5. The SMILES string of the molecule is COCCNC(=O)c1ccnc(Nc2ccc(NC(C)=O)cc2)c1. The largest absolute Gasteiger partial charge is 0.383 e. The molecule has 3 N–H and O–H groups in total. The number of benzene rings is 1. The summed E-state index contributed by atoms with van der Waals surface area (Å²) in [6.07, 6.45) is 1.57. The van der Waals surface area contributed by atoms with Crippen molar-refractivity contribution in [1.29, 1.82) is 0 Å². The maximum atomic E-state index is 12.0. The zero-order valence-electron chi connectivity index (χ0n) is 13.6. The van der Waals surface area contributed by atoms with Crippen molar-refractivity contribution >= 4 is 29.0 Å². The van der Waals surface area contributed by atoms with Crippen LogP contribution in [0.2, 0.25) is 0 Å². The predicted octanol–water partition coefficient (Wildman–Crippen LogP) is 2.16. The van der Waals surface area contributed by atoms with E-state index < -0.39 is 0 Å². The van der Waals surface area contributed by atoms with E-state index in [1.54, 1.807) is 37.6 Å². The third-order valence-electron chi connectivity index (χ3n) is 3.09. The number of hydrogen-bond acceptors (Lipinski definition) is 5. The summed E-state index contributed by atoms with van der Waals surface area (Å²) in [5, 5.41) is 8.57. The highest BCUT2D eigenvalue weighted by molar-refractivity contribution is 5.95. The van der Waals surface area contributed by atoms with Gasteiger partial charge in [0.2, 0.25) is 5.91 Å². The molecule has 0 aliphatic heterocycles. The Hall–Kier alpha value is -2.93. The van der Waals surface area contributed by atoms with Crippen LogP contribution in [-0.2, 0) is 9.53 Å². The van der Waals surface area contributed by atoms with Crippen LogP contribution in [0.3, 0.4) is 0 Å². The number of methoxy groups -OCH3 is 1. The Morgan fingerprint density at radius 3 is 2.50 bits per heavy atom. The Kier molecular flexibility index (Phi) is 6.27. The summed E-state index contributed by atoms with van der Waals surface area (Å²) in [5.74, 6) is 0.254. The highest BCUT2D eigenvalue weighted by Gasteiger charge is 2.06. The summed E-state index contributed by atoms with van der Waals surface area (Å²) in [7, 11) is 1.58. The van der Waals surface area contributed by atoms with E-state index in [2.05, 4.69) is 20.9 Å². The predicted molar refractivity (Wildman–Crippen MR) is 92.5 cm³/mol. The van der Waals surface area contributed by atoms with Crippen LogP contribution in [0.4, 0.5) is 17.2 Å². The fourth-order valence-corrected chi connectivity index (χ4v) is 2.00. The lowest BCUT2D eigenvalue weighted by Gasteiger charge is -2.09. The Labute approximate surface area is 140 Å². The second-order valence-corrected chi connectivity index (χ2v) is 5.06. The Morgan fingerprint density at radius 2 is 1.83 bits per heavy atom. The molecule has 0 radical (unpaired) electrons. The minimum Gasteiger partial charge on any atom is -0.383 e. The first-order chi connectivity index (χ1) is 11.6. The molecule has 0 aliphatic carbocycles. The minimum absolute atomic E-state index is 0.121. The fraction of sp³-hybridized carbons (Fsp3) is 0.235. The highest BCUT2D eigenvalue weighted by Crippen LogP contribution is 2.18. The number of nitrogens with zero attached hydrogens (tertiary/aromatic N) is 1. The van der Waals surface area contributed by atoms with E-state index >= 15 is 0 Å². The fourth-order valence-electron chi connectivity index (χ4n) is 2.00. The molecule has 0 atom stereocenters. The van der Waals surface area contributed by atoms with Crippen molar-refractivity contribution in [3.8, 4) is 0 Å². The number of rotatable bonds is 7. The monoisotopic (exact) mass is 328 g/mol. The molecular weight excluding hydrogens is 308 g/mol. The van der Waals surface area contributed by atoms with Gasteiger partial charge < -0.3 is 20.7 Å². The molecule has 1 heterocycles. The summed E-state index contributed by atoms with van der Waals surface area (Å²) in [6.45, 7) is 2.37. The van der Waals surface area contributed by atoms with Crippen molar-refractivity contribution in [2.45, 2.75) is 6.92 Å². The number of ether oxygens (including phenoxy) is 1. The minimum atomic E-state index is -0.182. The van der Waals surface area contributed by atoms with Gasteiger partial charge in [-0.2, -0.15) is 0 Å². The Morgan fingerprint density at radius 1 is 1.12 bits per heavy atom. The number of anilines is 3. The third kappa shape index (κ3) is 5.36. The molecule has 126 valence electrons. The molecule has 2 amide bonds. The van der Waals surface area contributed by atoms with Crippen LogP contribution in [0.25, 0.3) is 0 Å². The van der Waals surface area contributed by atoms with E-state index in [4.69, 9.17) is 4.74 Å². The quantitative estimate of drug-likeness (QED) is 0.677. The molecule has 7 heteroatoms. The zero-order chi connectivity index (χ0) is 17.4. The average molecular weight is 328 g/mol. The molecule has 24 heavy (non-hydrogen) atoms. The maximum Gasteiger partial charge on any atom is 0.251 e. The summed E-state index contributed by atoms with van der Waals surface area (Å²) in [4.78, 5) is 27.2. The maximum absolute atomic E-state index is 12.0. The van der Waals surface area contributed by atoms with Gasteiger partial charge in [-0.05, 0) is 36.4 Å². The standard InChI is InChI=1S/C17H20N4O3/c1-12(22)20-14-3-5-15(6-4-14)21-16-11-13(7-8-18-16)17(23)19-9-10-24-2/h3-8,11H,9-10H2,1-2H3,(H,18,21)(H,19,23)(H,20,22). The molecule has 0 saturated carbocycles. The van der Waals surface area contributed by atoms with Crippen molar-refractivity contribution in [3.05, 3.63) is 48.2 Å². The molecule has 1 aromatic heterocycles. The number of carbonyl (C=O) groups is 2. The van der Waals surface area contributed by atoms with E-state index in [1.807, 2.05) is 12.1 Å². The van der Waals surface area contributed by atoms with Gasteiger partial charge in [0.05, 0.1) is 6.61 Å². The van der Waals surface area contributed by atoms with E-state index in [-0.39, 0.29) is 11.8 Å². The number of carbonyl (C=O) groups excluding carboxylic acids is 2. The first-order valence-corrected chi connectivity index (χ1v) is 7.46. The van der Waals surface area contributed by atoms with Crippen LogP contribution in [0.5, 0.6) is 0 Å². The smallest absolute Gasteiger partial charge is 0.251 e. The van der Waals surface area contributed by atoms with Gasteiger partial charge in [-0.15, -0.1) is 0 Å². The molecule has 0 bridgehead atoms. The molecule has 0 fully saturated rings. The number of aromatic nitrogens is 1. The lowest BCUT2D eigenvalue weighted by Crippen LogP contribution is -2.26. The number of pyridine rings is 1. The Balaban J connectivity index is 2.01. The van der Waals surface area contributed by atoms with Gasteiger partial charge >= 0.3 is 0 Å². The summed E-state index contributed by atoms with van der Waals surface area (Å²) in [5.41, 5.74) is 2.03. The van der Waals surface area contributed by atoms with E-state index in [0.29, 0.717) is 30.2 Å². The van der Waals surface area contributed by atoms with Crippen molar-refractivity contribution < 1.29 is 14.3 Å². The molecule has 2 rings (SSSR count). The summed E-state index contributed by atoms with van der Waals surface area (Å²) < 4.78 is 4.90. The number of amides is 2. The number of nitrogens with one attached hydrogen (secondary N) is 3. The molecule has 0 unspecified atom stereocenters. The normalized spacial score (nSPS) is 10.1. The van der Waals surface area contributed by atoms with Crippen molar-refractivity contribution in [1.82, 2.24) is 10.3 Å². The molecule has 7 nitrogen and oxygen atoms in total. The zero-order valence-corrected chi connectivity index (χ0v) is 13.6. The van der Waals surface area contributed by atoms with Gasteiger partial charge in [0, 0.05) is 43.7 Å². The molecule has 0 spiro atoms. The van der Waals surface area contributed by atoms with Crippen LogP contribution in [0.15, 0.2) is 42.6 Å². The molecular formula is C17H20N4O3. The lowest BCUT2D eigenvalue weighted by molar-refractivity contribution is -0.114. The first kappa shape index (κ1) is 17.4. The lowest BCUT2D eigenvalue weighted by atomic mass is 10.2. The van der Waals surface area contributed by atoms with E-state index in [0.717, 1.165) is 5.69 Å². The summed E-state index contributed by atoms with van der Waals surface area (Å²) >= 11 is 0. The van der Waals surface area contributed by atoms with Crippen molar-refractivity contribution in [3.63, 3.8) is 0 Å². The van der Waals surface area contributed by atoms with E-state index in [9.17, 15) is 9.59 Å². The second-order valence-electron chi connectivity index (χ2n) is 5.06. The molecule has 2 aromatic rings. The molecule has 1 aromatic carbocycles. The second kappa shape index (κ2) is 8.64. The third-order valence-corrected chi connectivity index (χ3v) is 3.09.